The molecular formula is C19H29N3O2. The van der Waals surface area contributed by atoms with Gasteiger partial charge in [0.25, 0.3) is 0 Å². The van der Waals surface area contributed by atoms with Crippen LogP contribution in [0.25, 0.3) is 0 Å². The number of carbonyl (C=O) groups excluding carboxylic acids is 2. The minimum absolute atomic E-state index is 0.0365. The molecule has 0 bridgehead atoms. The van der Waals surface area contributed by atoms with E-state index in [1.807, 2.05) is 62.9 Å². The Balaban J connectivity index is 1.80. The highest BCUT2D eigenvalue weighted by Crippen LogP contribution is 2.19. The lowest BCUT2D eigenvalue weighted by molar-refractivity contribution is -0.142. The smallest absolute Gasteiger partial charge is 0.237 e. The molecule has 1 aliphatic heterocycles. The second kappa shape index (κ2) is 7.79. The molecule has 24 heavy (non-hydrogen) atoms. The highest BCUT2D eigenvalue weighted by molar-refractivity contribution is 5.82. The number of hydrogen-bond donors (Lipinski definition) is 1. The Morgan fingerprint density at radius 1 is 1.08 bits per heavy atom. The van der Waals surface area contributed by atoms with Gasteiger partial charge in [-0.1, -0.05) is 51.1 Å². The van der Waals surface area contributed by atoms with Crippen LogP contribution in [0.15, 0.2) is 30.3 Å². The summed E-state index contributed by atoms with van der Waals surface area (Å²) in [5, 5.41) is 2.99. The third-order valence-corrected chi connectivity index (χ3v) is 4.48. The number of piperazine rings is 1. The fourth-order valence-corrected chi connectivity index (χ4v) is 2.89. The molecule has 132 valence electrons. The van der Waals surface area contributed by atoms with E-state index in [4.69, 9.17) is 0 Å². The van der Waals surface area contributed by atoms with Crippen LogP contribution < -0.4 is 5.32 Å². The van der Waals surface area contributed by atoms with Crippen molar-refractivity contribution < 1.29 is 9.59 Å². The minimum Gasteiger partial charge on any atom is -0.351 e. The lowest BCUT2D eigenvalue weighted by atomic mass is 9.94. The van der Waals surface area contributed by atoms with E-state index >= 15 is 0 Å². The lowest BCUT2D eigenvalue weighted by Crippen LogP contribution is -2.56. The van der Waals surface area contributed by atoms with Crippen LogP contribution in [0.4, 0.5) is 0 Å². The maximum absolute atomic E-state index is 12.4. The van der Waals surface area contributed by atoms with Gasteiger partial charge in [0.15, 0.2) is 0 Å². The number of carbonyl (C=O) groups is 2. The number of rotatable bonds is 4. The van der Waals surface area contributed by atoms with E-state index in [2.05, 4.69) is 10.2 Å². The zero-order valence-electron chi connectivity index (χ0n) is 15.2. The van der Waals surface area contributed by atoms with Crippen molar-refractivity contribution in [3.63, 3.8) is 0 Å². The van der Waals surface area contributed by atoms with Crippen molar-refractivity contribution in [1.82, 2.24) is 15.1 Å². The molecule has 5 heteroatoms. The lowest BCUT2D eigenvalue weighted by Gasteiger charge is -2.39. The molecule has 2 rings (SSSR count). The van der Waals surface area contributed by atoms with Gasteiger partial charge in [-0.15, -0.1) is 0 Å². The van der Waals surface area contributed by atoms with Crippen LogP contribution in [0.1, 0.15) is 33.3 Å². The third-order valence-electron chi connectivity index (χ3n) is 4.48. The molecule has 0 saturated carbocycles. The van der Waals surface area contributed by atoms with Crippen molar-refractivity contribution in [3.8, 4) is 0 Å². The van der Waals surface area contributed by atoms with Gasteiger partial charge in [0.2, 0.25) is 11.8 Å². The number of nitrogens with one attached hydrogen (secondary N) is 1. The van der Waals surface area contributed by atoms with E-state index in [1.54, 1.807) is 0 Å². The Labute approximate surface area is 145 Å². The average molecular weight is 331 g/mol. The second-order valence-corrected chi connectivity index (χ2v) is 7.46. The molecule has 0 aliphatic carbocycles. The summed E-state index contributed by atoms with van der Waals surface area (Å²) in [5.74, 6) is 0.220. The van der Waals surface area contributed by atoms with E-state index in [0.29, 0.717) is 19.6 Å². The Bertz CT molecular complexity index is 558. The molecular weight excluding hydrogens is 302 g/mol. The summed E-state index contributed by atoms with van der Waals surface area (Å²) in [6.45, 7) is 11.2. The summed E-state index contributed by atoms with van der Waals surface area (Å²) in [5.41, 5.74) is 0.750. The van der Waals surface area contributed by atoms with Gasteiger partial charge >= 0.3 is 0 Å². The van der Waals surface area contributed by atoms with Gasteiger partial charge in [0.05, 0.1) is 6.04 Å². The summed E-state index contributed by atoms with van der Waals surface area (Å²) in [6.07, 6.45) is 0. The van der Waals surface area contributed by atoms with Crippen molar-refractivity contribution in [3.05, 3.63) is 35.9 Å². The highest BCUT2D eigenvalue weighted by atomic mass is 16.2. The molecule has 1 saturated heterocycles. The molecule has 1 heterocycles. The predicted octanol–water partition coefficient (Wildman–Crippen LogP) is 1.88. The fourth-order valence-electron chi connectivity index (χ4n) is 2.89. The van der Waals surface area contributed by atoms with Crippen LogP contribution in [0, 0.1) is 5.41 Å². The topological polar surface area (TPSA) is 52.7 Å². The van der Waals surface area contributed by atoms with Gasteiger partial charge in [-0.25, -0.2) is 0 Å². The minimum atomic E-state index is -0.346. The maximum Gasteiger partial charge on any atom is 0.237 e. The van der Waals surface area contributed by atoms with E-state index in [1.165, 1.54) is 0 Å². The SMILES string of the molecule is CC(C(=O)NCc1ccccc1)N1CCN(C(=O)C(C)(C)C)CC1. The first-order chi connectivity index (χ1) is 11.3. The van der Waals surface area contributed by atoms with Gasteiger partial charge < -0.3 is 10.2 Å². The molecule has 1 N–H and O–H groups in total. The van der Waals surface area contributed by atoms with Crippen LogP contribution in [-0.2, 0) is 16.1 Å². The summed E-state index contributed by atoms with van der Waals surface area (Å²) in [6, 6.07) is 9.73. The molecule has 0 spiro atoms. The van der Waals surface area contributed by atoms with Crippen molar-refractivity contribution in [2.24, 2.45) is 5.41 Å². The molecule has 0 aromatic heterocycles. The van der Waals surface area contributed by atoms with Crippen molar-refractivity contribution in [2.45, 2.75) is 40.3 Å². The van der Waals surface area contributed by atoms with Gasteiger partial charge in [0.1, 0.15) is 0 Å². The van der Waals surface area contributed by atoms with Gasteiger partial charge in [-0.3, -0.25) is 14.5 Å². The second-order valence-electron chi connectivity index (χ2n) is 7.46. The molecule has 2 amide bonds. The summed E-state index contributed by atoms with van der Waals surface area (Å²) in [7, 11) is 0. The first kappa shape index (κ1) is 18.5. The van der Waals surface area contributed by atoms with Crippen LogP contribution in [0.2, 0.25) is 0 Å². The standard InChI is InChI=1S/C19H29N3O2/c1-15(17(23)20-14-16-8-6-5-7-9-16)21-10-12-22(13-11-21)18(24)19(2,3)4/h5-9,15H,10-14H2,1-4H3,(H,20,23). The predicted molar refractivity (Wildman–Crippen MR) is 95.4 cm³/mol. The first-order valence-electron chi connectivity index (χ1n) is 8.64. The Hall–Kier alpha value is -1.88. The summed E-state index contributed by atoms with van der Waals surface area (Å²) >= 11 is 0. The van der Waals surface area contributed by atoms with Crippen molar-refractivity contribution in [1.29, 1.82) is 0 Å². The van der Waals surface area contributed by atoms with E-state index in [9.17, 15) is 9.59 Å². The Morgan fingerprint density at radius 2 is 1.67 bits per heavy atom. The van der Waals surface area contributed by atoms with Crippen LogP contribution in [0.3, 0.4) is 0 Å². The Kier molecular flexibility index (Phi) is 5.99. The number of hydrogen-bond acceptors (Lipinski definition) is 3. The summed E-state index contributed by atoms with van der Waals surface area (Å²) in [4.78, 5) is 28.7. The third kappa shape index (κ3) is 4.81. The van der Waals surface area contributed by atoms with Crippen molar-refractivity contribution >= 4 is 11.8 Å². The van der Waals surface area contributed by atoms with E-state index in [-0.39, 0.29) is 23.3 Å². The molecule has 1 aromatic carbocycles. The first-order valence-corrected chi connectivity index (χ1v) is 8.64. The van der Waals surface area contributed by atoms with Crippen LogP contribution in [0.5, 0.6) is 0 Å². The molecule has 5 nitrogen and oxygen atoms in total. The van der Waals surface area contributed by atoms with E-state index < -0.39 is 0 Å². The molecule has 1 unspecified atom stereocenters. The monoisotopic (exact) mass is 331 g/mol. The normalized spacial score (nSPS) is 17.4. The largest absolute Gasteiger partial charge is 0.351 e. The summed E-state index contributed by atoms with van der Waals surface area (Å²) < 4.78 is 0. The fraction of sp³-hybridized carbons (Fsp3) is 0.579. The van der Waals surface area contributed by atoms with Gasteiger partial charge in [-0.05, 0) is 12.5 Å². The van der Waals surface area contributed by atoms with Gasteiger partial charge in [-0.2, -0.15) is 0 Å². The van der Waals surface area contributed by atoms with E-state index in [0.717, 1.165) is 18.7 Å². The zero-order valence-corrected chi connectivity index (χ0v) is 15.2. The van der Waals surface area contributed by atoms with Gasteiger partial charge in [0, 0.05) is 38.1 Å². The van der Waals surface area contributed by atoms with Crippen LogP contribution >= 0.6 is 0 Å². The highest BCUT2D eigenvalue weighted by Gasteiger charge is 2.31. The molecule has 1 fully saturated rings. The zero-order chi connectivity index (χ0) is 17.7. The number of amides is 2. The Morgan fingerprint density at radius 3 is 2.21 bits per heavy atom. The number of nitrogens with zero attached hydrogens (tertiary/aromatic N) is 2. The van der Waals surface area contributed by atoms with Crippen molar-refractivity contribution in [2.75, 3.05) is 26.2 Å². The number of benzene rings is 1. The molecule has 1 aromatic rings. The molecule has 0 radical (unpaired) electrons. The van der Waals surface area contributed by atoms with Crippen LogP contribution in [-0.4, -0.2) is 53.8 Å². The maximum atomic E-state index is 12.4. The quantitative estimate of drug-likeness (QED) is 0.916. The molecule has 1 aliphatic rings. The molecule has 1 atom stereocenters. The average Bonchev–Trinajstić information content (AvgIpc) is 2.58.